The van der Waals surface area contributed by atoms with Crippen molar-refractivity contribution in [3.05, 3.63) is 41.3 Å². The van der Waals surface area contributed by atoms with Crippen molar-refractivity contribution < 1.29 is 14.3 Å². The van der Waals surface area contributed by atoms with Crippen LogP contribution in [0.25, 0.3) is 10.9 Å². The van der Waals surface area contributed by atoms with Gasteiger partial charge in [-0.3, -0.25) is 9.78 Å². The summed E-state index contributed by atoms with van der Waals surface area (Å²) in [6.45, 7) is 5.12. The molecule has 2 aliphatic rings. The highest BCUT2D eigenvalue weighted by atomic mass is 19.1. The molecule has 1 N–H and O–H groups in total. The number of carbonyl (C=O) groups excluding carboxylic acids is 1. The molecule has 1 saturated carbocycles. The number of carbonyl (C=O) groups is 1. The summed E-state index contributed by atoms with van der Waals surface area (Å²) in [5.41, 5.74) is 1.22. The first-order valence-corrected chi connectivity index (χ1v) is 9.50. The number of likely N-dealkylation sites (tertiary alicyclic amines) is 1. The molecule has 138 valence electrons. The van der Waals surface area contributed by atoms with Crippen molar-refractivity contribution >= 4 is 16.8 Å². The summed E-state index contributed by atoms with van der Waals surface area (Å²) in [7, 11) is 0. The third-order valence-electron chi connectivity index (χ3n) is 6.34. The van der Waals surface area contributed by atoms with Crippen LogP contribution in [0.1, 0.15) is 48.7 Å². The average molecular weight is 356 g/mol. The molecule has 1 saturated heterocycles. The van der Waals surface area contributed by atoms with E-state index in [4.69, 9.17) is 0 Å². The van der Waals surface area contributed by atoms with Gasteiger partial charge in [-0.25, -0.2) is 4.39 Å². The molecule has 4 rings (SSSR count). The lowest BCUT2D eigenvalue weighted by atomic mass is 9.69. The van der Waals surface area contributed by atoms with Crippen LogP contribution in [-0.4, -0.2) is 39.6 Å². The van der Waals surface area contributed by atoms with E-state index in [-0.39, 0.29) is 17.6 Å². The summed E-state index contributed by atoms with van der Waals surface area (Å²) in [6, 6.07) is 6.13. The predicted molar refractivity (Wildman–Crippen MR) is 98.4 cm³/mol. The first-order chi connectivity index (χ1) is 12.4. The van der Waals surface area contributed by atoms with Gasteiger partial charge in [-0.05, 0) is 56.4 Å². The Morgan fingerprint density at radius 2 is 2.19 bits per heavy atom. The smallest absolute Gasteiger partial charge is 0.254 e. The molecular weight excluding hydrogens is 331 g/mol. The molecule has 0 unspecified atom stereocenters. The van der Waals surface area contributed by atoms with E-state index in [9.17, 15) is 14.3 Å². The van der Waals surface area contributed by atoms with Gasteiger partial charge in [0.15, 0.2) is 0 Å². The van der Waals surface area contributed by atoms with E-state index >= 15 is 0 Å². The van der Waals surface area contributed by atoms with E-state index in [1.807, 2.05) is 18.7 Å². The standard InChI is InChI=1S/C21H25FN2O2/c1-3-21(26)8-4-5-14-11-24(12-18(14)21)20(25)17-9-13(2)23-19-7-6-15(22)10-16(17)19/h6-7,9-10,14,18,26H,3-5,8,11-12H2,1-2H3/t14-,18+,21-/m0/s1. The second-order valence-electron chi connectivity index (χ2n) is 7.90. The maximum atomic E-state index is 13.8. The highest BCUT2D eigenvalue weighted by molar-refractivity contribution is 6.06. The van der Waals surface area contributed by atoms with Crippen molar-refractivity contribution in [1.29, 1.82) is 0 Å². The van der Waals surface area contributed by atoms with Gasteiger partial charge in [0.05, 0.1) is 16.7 Å². The second-order valence-corrected chi connectivity index (χ2v) is 7.90. The lowest BCUT2D eigenvalue weighted by Crippen LogP contribution is -2.44. The third-order valence-corrected chi connectivity index (χ3v) is 6.34. The van der Waals surface area contributed by atoms with Crippen molar-refractivity contribution in [3.63, 3.8) is 0 Å². The minimum Gasteiger partial charge on any atom is -0.390 e. The molecular formula is C21H25FN2O2. The number of aliphatic hydroxyl groups is 1. The maximum Gasteiger partial charge on any atom is 0.254 e. The number of hydrogen-bond donors (Lipinski definition) is 1. The Morgan fingerprint density at radius 3 is 2.96 bits per heavy atom. The van der Waals surface area contributed by atoms with Gasteiger partial charge in [0.25, 0.3) is 5.91 Å². The molecule has 2 heterocycles. The summed E-state index contributed by atoms with van der Waals surface area (Å²) in [4.78, 5) is 19.5. The topological polar surface area (TPSA) is 53.4 Å². The Balaban J connectivity index is 1.69. The van der Waals surface area contributed by atoms with Crippen LogP contribution in [0.15, 0.2) is 24.3 Å². The van der Waals surface area contributed by atoms with Crippen molar-refractivity contribution in [2.75, 3.05) is 13.1 Å². The fourth-order valence-electron chi connectivity index (χ4n) is 4.91. The Morgan fingerprint density at radius 1 is 1.38 bits per heavy atom. The number of pyridine rings is 1. The van der Waals surface area contributed by atoms with E-state index in [0.29, 0.717) is 35.5 Å². The number of aryl methyl sites for hydroxylation is 1. The van der Waals surface area contributed by atoms with Gasteiger partial charge in [-0.1, -0.05) is 13.3 Å². The number of hydrogen-bond acceptors (Lipinski definition) is 3. The fraction of sp³-hybridized carbons (Fsp3) is 0.524. The zero-order valence-corrected chi connectivity index (χ0v) is 15.3. The van der Waals surface area contributed by atoms with Crippen LogP contribution in [0.4, 0.5) is 4.39 Å². The SMILES string of the molecule is CC[C@]1(O)CCC[C@H]2CN(C(=O)c3cc(C)nc4ccc(F)cc34)C[C@H]21. The largest absolute Gasteiger partial charge is 0.390 e. The van der Waals surface area contributed by atoms with Gasteiger partial charge >= 0.3 is 0 Å². The Labute approximate surface area is 153 Å². The van der Waals surface area contributed by atoms with Crippen LogP contribution in [0.5, 0.6) is 0 Å². The van der Waals surface area contributed by atoms with Crippen LogP contribution in [0.3, 0.4) is 0 Å². The molecule has 1 aromatic carbocycles. The zero-order chi connectivity index (χ0) is 18.5. The molecule has 1 aliphatic heterocycles. The van der Waals surface area contributed by atoms with Gasteiger partial charge in [0, 0.05) is 30.1 Å². The molecule has 1 amide bonds. The molecule has 2 aromatic rings. The molecule has 4 nitrogen and oxygen atoms in total. The number of halogens is 1. The number of aromatic nitrogens is 1. The molecule has 1 aliphatic carbocycles. The molecule has 5 heteroatoms. The first kappa shape index (κ1) is 17.4. The number of rotatable bonds is 2. The van der Waals surface area contributed by atoms with Crippen molar-refractivity contribution in [3.8, 4) is 0 Å². The van der Waals surface area contributed by atoms with Gasteiger partial charge in [0.1, 0.15) is 5.82 Å². The number of benzene rings is 1. The summed E-state index contributed by atoms with van der Waals surface area (Å²) in [5.74, 6) is 0.0336. The third kappa shape index (κ3) is 2.78. The Hall–Kier alpha value is -2.01. The van der Waals surface area contributed by atoms with E-state index in [2.05, 4.69) is 4.98 Å². The quantitative estimate of drug-likeness (QED) is 0.893. The van der Waals surface area contributed by atoms with E-state index in [1.165, 1.54) is 12.1 Å². The minimum atomic E-state index is -0.666. The van der Waals surface area contributed by atoms with E-state index < -0.39 is 5.60 Å². The molecule has 0 radical (unpaired) electrons. The van der Waals surface area contributed by atoms with Gasteiger partial charge in [-0.15, -0.1) is 0 Å². The van der Waals surface area contributed by atoms with E-state index in [0.717, 1.165) is 31.4 Å². The highest BCUT2D eigenvalue weighted by Gasteiger charge is 2.48. The van der Waals surface area contributed by atoms with Crippen LogP contribution >= 0.6 is 0 Å². The van der Waals surface area contributed by atoms with Crippen LogP contribution < -0.4 is 0 Å². The molecule has 1 aromatic heterocycles. The normalized spacial score (nSPS) is 28.4. The summed E-state index contributed by atoms with van der Waals surface area (Å²) < 4.78 is 13.8. The molecule has 0 bridgehead atoms. The van der Waals surface area contributed by atoms with Gasteiger partial charge < -0.3 is 10.0 Å². The maximum absolute atomic E-state index is 13.8. The summed E-state index contributed by atoms with van der Waals surface area (Å²) >= 11 is 0. The monoisotopic (exact) mass is 356 g/mol. The average Bonchev–Trinajstić information content (AvgIpc) is 3.07. The zero-order valence-electron chi connectivity index (χ0n) is 15.3. The minimum absolute atomic E-state index is 0.0843. The second kappa shape index (κ2) is 6.31. The number of nitrogens with zero attached hydrogens (tertiary/aromatic N) is 2. The van der Waals surface area contributed by atoms with Gasteiger partial charge in [0.2, 0.25) is 0 Å². The summed E-state index contributed by atoms with van der Waals surface area (Å²) in [6.07, 6.45) is 3.60. The van der Waals surface area contributed by atoms with Crippen LogP contribution in [0.2, 0.25) is 0 Å². The first-order valence-electron chi connectivity index (χ1n) is 9.50. The fourth-order valence-corrected chi connectivity index (χ4v) is 4.91. The van der Waals surface area contributed by atoms with Crippen LogP contribution in [-0.2, 0) is 0 Å². The lowest BCUT2D eigenvalue weighted by molar-refractivity contribution is -0.0609. The van der Waals surface area contributed by atoms with E-state index in [1.54, 1.807) is 12.1 Å². The summed E-state index contributed by atoms with van der Waals surface area (Å²) in [5, 5.41) is 11.5. The number of fused-ring (bicyclic) bond motifs is 2. The molecule has 0 spiro atoms. The predicted octanol–water partition coefficient (Wildman–Crippen LogP) is 3.70. The Kier molecular flexibility index (Phi) is 4.22. The van der Waals surface area contributed by atoms with Crippen molar-refractivity contribution in [1.82, 2.24) is 9.88 Å². The van der Waals surface area contributed by atoms with Crippen molar-refractivity contribution in [2.24, 2.45) is 11.8 Å². The Bertz CT molecular complexity index is 868. The molecule has 26 heavy (non-hydrogen) atoms. The molecule has 2 fully saturated rings. The lowest BCUT2D eigenvalue weighted by Gasteiger charge is -2.40. The van der Waals surface area contributed by atoms with Crippen LogP contribution in [0, 0.1) is 24.6 Å². The van der Waals surface area contributed by atoms with Crippen molar-refractivity contribution in [2.45, 2.75) is 45.1 Å². The number of amides is 1. The van der Waals surface area contributed by atoms with Gasteiger partial charge in [-0.2, -0.15) is 0 Å². The highest BCUT2D eigenvalue weighted by Crippen LogP contribution is 2.44. The molecule has 3 atom stereocenters.